The van der Waals surface area contributed by atoms with E-state index in [1.165, 1.54) is 29.2 Å². The number of piperidine rings is 1. The van der Waals surface area contributed by atoms with Crippen molar-refractivity contribution < 1.29 is 40.8 Å². The van der Waals surface area contributed by atoms with Gasteiger partial charge in [0.1, 0.15) is 23.4 Å². The van der Waals surface area contributed by atoms with E-state index in [9.17, 15) is 27.2 Å². The molecule has 4 heterocycles. The van der Waals surface area contributed by atoms with E-state index in [-0.39, 0.29) is 55.7 Å². The zero-order chi connectivity index (χ0) is 34.3. The fourth-order valence-corrected chi connectivity index (χ4v) is 5.66. The van der Waals surface area contributed by atoms with Crippen molar-refractivity contribution in [1.82, 2.24) is 30.3 Å². The Kier molecular flexibility index (Phi) is 9.28. The van der Waals surface area contributed by atoms with Crippen LogP contribution in [-0.4, -0.2) is 94.1 Å². The second kappa shape index (κ2) is 12.9. The predicted molar refractivity (Wildman–Crippen MR) is 158 cm³/mol. The summed E-state index contributed by atoms with van der Waals surface area (Å²) in [5.74, 6) is -6.44. The number of alkyl carbamates (subject to hydrolysis) is 1. The van der Waals surface area contributed by atoms with Gasteiger partial charge in [-0.25, -0.2) is 27.9 Å². The fourth-order valence-electron chi connectivity index (χ4n) is 5.66. The van der Waals surface area contributed by atoms with Gasteiger partial charge in [0.15, 0.2) is 0 Å². The van der Waals surface area contributed by atoms with E-state index in [2.05, 4.69) is 25.4 Å². The van der Waals surface area contributed by atoms with Crippen molar-refractivity contribution in [3.05, 3.63) is 59.2 Å². The van der Waals surface area contributed by atoms with E-state index in [0.717, 1.165) is 18.2 Å². The lowest BCUT2D eigenvalue weighted by Crippen LogP contribution is -2.53. The molecule has 12 nitrogen and oxygen atoms in total. The third kappa shape index (κ3) is 7.71. The SMILES string of the molecule is CN(C(=O)c1cnc(N2CC(c3cc(F)ccc3F)[C@@H](NC(=O)OC(C)(C)C)C2)nc1)[C@@H]1CCN(c2nc(C(C)(F)F)no2)C[C@@H]1F. The van der Waals surface area contributed by atoms with Crippen LogP contribution in [0.2, 0.25) is 0 Å². The zero-order valence-corrected chi connectivity index (χ0v) is 26.4. The van der Waals surface area contributed by atoms with Gasteiger partial charge in [-0.2, -0.15) is 13.8 Å². The second-order valence-electron chi connectivity index (χ2n) is 12.7. The predicted octanol–water partition coefficient (Wildman–Crippen LogP) is 4.44. The third-order valence-corrected chi connectivity index (χ3v) is 7.95. The van der Waals surface area contributed by atoms with Crippen LogP contribution in [0.1, 0.15) is 61.8 Å². The molecular formula is C30H35F5N8O4. The van der Waals surface area contributed by atoms with Crippen molar-refractivity contribution in [2.24, 2.45) is 0 Å². The molecule has 17 heteroatoms. The van der Waals surface area contributed by atoms with E-state index in [1.807, 2.05) is 0 Å². The van der Waals surface area contributed by atoms with Crippen LogP contribution in [0.4, 0.5) is 38.7 Å². The summed E-state index contributed by atoms with van der Waals surface area (Å²) < 4.78 is 81.4. The van der Waals surface area contributed by atoms with Crippen molar-refractivity contribution in [1.29, 1.82) is 0 Å². The molecule has 254 valence electrons. The van der Waals surface area contributed by atoms with Gasteiger partial charge in [-0.1, -0.05) is 5.16 Å². The minimum absolute atomic E-state index is 0.0663. The zero-order valence-electron chi connectivity index (χ0n) is 26.4. The molecule has 47 heavy (non-hydrogen) atoms. The number of hydrogen-bond donors (Lipinski definition) is 1. The minimum atomic E-state index is -3.31. The summed E-state index contributed by atoms with van der Waals surface area (Å²) in [7, 11) is 1.44. The topological polar surface area (TPSA) is 130 Å². The van der Waals surface area contributed by atoms with Crippen molar-refractivity contribution in [2.45, 2.75) is 69.8 Å². The average Bonchev–Trinajstić information content (AvgIpc) is 3.65. The Morgan fingerprint density at radius 2 is 1.77 bits per heavy atom. The molecule has 3 aromatic rings. The summed E-state index contributed by atoms with van der Waals surface area (Å²) in [4.78, 5) is 42.4. The maximum atomic E-state index is 15.3. The number of amides is 2. The van der Waals surface area contributed by atoms with Crippen LogP contribution < -0.4 is 15.1 Å². The molecule has 0 spiro atoms. The van der Waals surface area contributed by atoms with Crippen LogP contribution in [0.3, 0.4) is 0 Å². The molecule has 2 fully saturated rings. The van der Waals surface area contributed by atoms with Crippen LogP contribution in [0.5, 0.6) is 0 Å². The standard InChI is InChI=1S/C30H35F5N8O4/c1-29(2,3)46-28(45)38-22-15-43(13-19(22)18-10-17(31)6-7-20(18)32)26-36-11-16(12-37-26)24(44)41(5)23-8-9-42(14-21(23)33)27-39-25(40-47-27)30(4,34)35/h6-7,10-12,19,21-23H,8-9,13-15H2,1-5H3,(H,38,45)/t19?,21-,22-,23+/m0/s1. The van der Waals surface area contributed by atoms with Crippen molar-refractivity contribution >= 4 is 24.0 Å². The molecule has 0 bridgehead atoms. The number of rotatable bonds is 7. The third-order valence-electron chi connectivity index (χ3n) is 7.95. The number of anilines is 2. The first-order valence-electron chi connectivity index (χ1n) is 14.9. The summed E-state index contributed by atoms with van der Waals surface area (Å²) in [6.45, 7) is 5.90. The van der Waals surface area contributed by atoms with Gasteiger partial charge >= 0.3 is 18.0 Å². The molecule has 0 saturated carbocycles. The Labute approximate surface area is 267 Å². The molecule has 1 unspecified atom stereocenters. The quantitative estimate of drug-likeness (QED) is 0.362. The summed E-state index contributed by atoms with van der Waals surface area (Å²) in [6.07, 6.45) is 0.425. The molecule has 4 atom stereocenters. The number of carbonyl (C=O) groups excluding carboxylic acids is 2. The average molecular weight is 667 g/mol. The lowest BCUT2D eigenvalue weighted by molar-refractivity contribution is 0.00557. The molecule has 0 aliphatic carbocycles. The number of ether oxygens (including phenoxy) is 1. The molecule has 2 aliphatic rings. The van der Waals surface area contributed by atoms with Gasteiger partial charge in [0.05, 0.1) is 24.2 Å². The summed E-state index contributed by atoms with van der Waals surface area (Å²) >= 11 is 0. The van der Waals surface area contributed by atoms with Crippen molar-refractivity contribution in [3.8, 4) is 0 Å². The van der Waals surface area contributed by atoms with E-state index in [4.69, 9.17) is 9.26 Å². The first-order valence-corrected chi connectivity index (χ1v) is 14.9. The lowest BCUT2D eigenvalue weighted by Gasteiger charge is -2.38. The Balaban J connectivity index is 1.26. The van der Waals surface area contributed by atoms with E-state index >= 15 is 4.39 Å². The van der Waals surface area contributed by atoms with Crippen LogP contribution >= 0.6 is 0 Å². The first kappa shape index (κ1) is 33.8. The fraction of sp³-hybridized carbons (Fsp3) is 0.533. The maximum Gasteiger partial charge on any atom is 0.407 e. The Morgan fingerprint density at radius 3 is 2.38 bits per heavy atom. The normalized spacial score (nSPS) is 21.9. The van der Waals surface area contributed by atoms with Crippen molar-refractivity contribution in [3.63, 3.8) is 0 Å². The molecule has 2 aromatic heterocycles. The number of benzene rings is 1. The summed E-state index contributed by atoms with van der Waals surface area (Å²) in [5.41, 5.74) is -0.642. The monoisotopic (exact) mass is 666 g/mol. The Morgan fingerprint density at radius 1 is 1.06 bits per heavy atom. The molecule has 0 radical (unpaired) electrons. The molecule has 5 rings (SSSR count). The van der Waals surface area contributed by atoms with Gasteiger partial charge in [-0.3, -0.25) is 4.79 Å². The Hall–Kier alpha value is -4.57. The van der Waals surface area contributed by atoms with Gasteiger partial charge in [0.2, 0.25) is 11.8 Å². The van der Waals surface area contributed by atoms with Crippen LogP contribution in [0, 0.1) is 11.6 Å². The van der Waals surface area contributed by atoms with Crippen LogP contribution in [-0.2, 0) is 10.7 Å². The highest BCUT2D eigenvalue weighted by molar-refractivity contribution is 5.93. The Bertz CT molecular complexity index is 1600. The summed E-state index contributed by atoms with van der Waals surface area (Å²) in [5, 5.41) is 6.01. The first-order chi connectivity index (χ1) is 22.0. The van der Waals surface area contributed by atoms with Gasteiger partial charge in [-0.05, 0) is 51.0 Å². The molecular weight excluding hydrogens is 631 g/mol. The lowest BCUT2D eigenvalue weighted by atomic mass is 9.94. The molecule has 2 aliphatic heterocycles. The number of nitrogens with zero attached hydrogens (tertiary/aromatic N) is 7. The number of halogens is 5. The smallest absolute Gasteiger partial charge is 0.407 e. The number of carbonyl (C=O) groups is 2. The highest BCUT2D eigenvalue weighted by atomic mass is 19.3. The van der Waals surface area contributed by atoms with Crippen molar-refractivity contribution in [2.75, 3.05) is 43.0 Å². The van der Waals surface area contributed by atoms with Gasteiger partial charge in [0, 0.05) is 51.9 Å². The number of aromatic nitrogens is 4. The van der Waals surface area contributed by atoms with Gasteiger partial charge < -0.3 is 29.3 Å². The summed E-state index contributed by atoms with van der Waals surface area (Å²) in [6, 6.07) is 1.35. The van der Waals surface area contributed by atoms with E-state index in [1.54, 1.807) is 25.7 Å². The molecule has 2 saturated heterocycles. The largest absolute Gasteiger partial charge is 0.444 e. The second-order valence-corrected chi connectivity index (χ2v) is 12.7. The number of nitrogens with one attached hydrogen (secondary N) is 1. The number of hydrogen-bond acceptors (Lipinski definition) is 10. The molecule has 2 amide bonds. The van der Waals surface area contributed by atoms with E-state index in [0.29, 0.717) is 6.92 Å². The molecule has 1 aromatic carbocycles. The molecule has 1 N–H and O–H groups in total. The van der Waals surface area contributed by atoms with Crippen LogP contribution in [0.25, 0.3) is 0 Å². The minimum Gasteiger partial charge on any atom is -0.444 e. The van der Waals surface area contributed by atoms with Crippen LogP contribution in [0.15, 0.2) is 35.1 Å². The van der Waals surface area contributed by atoms with Gasteiger partial charge in [0.25, 0.3) is 5.91 Å². The highest BCUT2D eigenvalue weighted by Crippen LogP contribution is 2.33. The maximum absolute atomic E-state index is 15.3. The number of alkyl halides is 3. The van der Waals surface area contributed by atoms with Gasteiger partial charge in [-0.15, -0.1) is 0 Å². The highest BCUT2D eigenvalue weighted by Gasteiger charge is 2.40. The van der Waals surface area contributed by atoms with E-state index < -0.39 is 65.2 Å².